The van der Waals surface area contributed by atoms with E-state index in [1.165, 1.54) is 23.8 Å². The number of ether oxygens (including phenoxy) is 2. The number of carbonyl (C=O) groups is 2. The highest BCUT2D eigenvalue weighted by atomic mass is 32.2. The number of hydrogen-bond donors (Lipinski definition) is 1. The molecule has 0 aromatic heterocycles. The molecule has 0 bridgehead atoms. The highest BCUT2D eigenvalue weighted by Gasteiger charge is 2.41. The Bertz CT molecular complexity index is 899. The van der Waals surface area contributed by atoms with Crippen LogP contribution >= 0.6 is 11.8 Å². The van der Waals surface area contributed by atoms with Crippen LogP contribution in [0.4, 0.5) is 11.4 Å². The second kappa shape index (κ2) is 8.79. The van der Waals surface area contributed by atoms with Crippen LogP contribution in [0.3, 0.4) is 0 Å². The molecule has 146 valence electrons. The summed E-state index contributed by atoms with van der Waals surface area (Å²) in [5, 5.41) is 3.17. The number of nitrogens with one attached hydrogen (secondary N) is 1. The van der Waals surface area contributed by atoms with Crippen LogP contribution in [0.5, 0.6) is 11.5 Å². The van der Waals surface area contributed by atoms with Gasteiger partial charge in [-0.3, -0.25) is 14.6 Å². The number of aliphatic imine (C=N–C) groups is 1. The Morgan fingerprint density at radius 3 is 2.46 bits per heavy atom. The van der Waals surface area contributed by atoms with E-state index in [0.29, 0.717) is 16.6 Å². The van der Waals surface area contributed by atoms with Crippen molar-refractivity contribution in [2.75, 3.05) is 31.5 Å². The molecule has 0 spiro atoms. The summed E-state index contributed by atoms with van der Waals surface area (Å²) in [6.07, 6.45) is 0.102. The number of methoxy groups -OCH3 is 2. The van der Waals surface area contributed by atoms with Gasteiger partial charge < -0.3 is 14.8 Å². The second-order valence-corrected chi connectivity index (χ2v) is 7.12. The number of hydrogen-bond acceptors (Lipinski definition) is 6. The van der Waals surface area contributed by atoms with Gasteiger partial charge in [-0.15, -0.1) is 0 Å². The van der Waals surface area contributed by atoms with Crippen molar-refractivity contribution >= 4 is 40.1 Å². The van der Waals surface area contributed by atoms with Crippen LogP contribution in [0.25, 0.3) is 0 Å². The molecule has 0 saturated carbocycles. The van der Waals surface area contributed by atoms with Crippen molar-refractivity contribution in [3.63, 3.8) is 0 Å². The lowest BCUT2D eigenvalue weighted by Gasteiger charge is -2.18. The zero-order valence-corrected chi connectivity index (χ0v) is 16.7. The fraction of sp³-hybridized carbons (Fsp3) is 0.250. The van der Waals surface area contributed by atoms with Gasteiger partial charge in [0.15, 0.2) is 5.17 Å². The van der Waals surface area contributed by atoms with Crippen molar-refractivity contribution in [2.45, 2.75) is 11.7 Å². The van der Waals surface area contributed by atoms with Gasteiger partial charge in [-0.25, -0.2) is 4.90 Å². The first kappa shape index (κ1) is 19.8. The van der Waals surface area contributed by atoms with Gasteiger partial charge >= 0.3 is 0 Å². The van der Waals surface area contributed by atoms with Gasteiger partial charge in [0.2, 0.25) is 11.8 Å². The number of carbonyl (C=O) groups excluding carboxylic acids is 2. The molecule has 7 nitrogen and oxygen atoms in total. The smallest absolute Gasteiger partial charge is 0.248 e. The highest BCUT2D eigenvalue weighted by molar-refractivity contribution is 8.15. The Morgan fingerprint density at radius 1 is 1.11 bits per heavy atom. The van der Waals surface area contributed by atoms with E-state index in [1.807, 2.05) is 24.3 Å². The van der Waals surface area contributed by atoms with Crippen molar-refractivity contribution < 1.29 is 19.1 Å². The number of amidine groups is 1. The normalized spacial score (nSPS) is 17.0. The van der Waals surface area contributed by atoms with Gasteiger partial charge in [0.25, 0.3) is 0 Å². The highest BCUT2D eigenvalue weighted by Crippen LogP contribution is 2.35. The van der Waals surface area contributed by atoms with Crippen LogP contribution in [0.1, 0.15) is 6.42 Å². The third kappa shape index (κ3) is 4.12. The fourth-order valence-corrected chi connectivity index (χ4v) is 3.82. The molecule has 1 N–H and O–H groups in total. The van der Waals surface area contributed by atoms with Crippen LogP contribution in [0, 0.1) is 0 Å². The Hall–Kier alpha value is -3.00. The average molecular weight is 399 g/mol. The molecule has 1 unspecified atom stereocenters. The van der Waals surface area contributed by atoms with E-state index in [2.05, 4.69) is 10.3 Å². The van der Waals surface area contributed by atoms with Gasteiger partial charge in [-0.1, -0.05) is 23.9 Å². The number of benzene rings is 2. The Morgan fingerprint density at radius 2 is 1.82 bits per heavy atom. The maximum Gasteiger partial charge on any atom is 0.248 e. The first-order chi connectivity index (χ1) is 13.6. The van der Waals surface area contributed by atoms with E-state index >= 15 is 0 Å². The molecule has 2 aromatic carbocycles. The van der Waals surface area contributed by atoms with Gasteiger partial charge in [0, 0.05) is 19.2 Å². The molecule has 1 atom stereocenters. The topological polar surface area (TPSA) is 80.2 Å². The van der Waals surface area contributed by atoms with Crippen molar-refractivity contribution in [1.29, 1.82) is 0 Å². The maximum absolute atomic E-state index is 12.9. The van der Waals surface area contributed by atoms with Crippen LogP contribution in [-0.4, -0.2) is 43.5 Å². The van der Waals surface area contributed by atoms with Crippen LogP contribution < -0.4 is 19.7 Å². The summed E-state index contributed by atoms with van der Waals surface area (Å²) >= 11 is 1.24. The van der Waals surface area contributed by atoms with Gasteiger partial charge in [0.1, 0.15) is 16.7 Å². The second-order valence-electron chi connectivity index (χ2n) is 5.93. The van der Waals surface area contributed by atoms with Crippen molar-refractivity contribution in [3.8, 4) is 11.5 Å². The molecule has 1 fully saturated rings. The summed E-state index contributed by atoms with van der Waals surface area (Å²) in [7, 11) is 4.75. The monoisotopic (exact) mass is 399 g/mol. The Labute approximate surface area is 167 Å². The molecule has 2 aromatic rings. The number of imide groups is 1. The number of rotatable bonds is 5. The molecule has 1 aliphatic rings. The lowest BCUT2D eigenvalue weighted by molar-refractivity contribution is -0.121. The van der Waals surface area contributed by atoms with E-state index in [9.17, 15) is 9.59 Å². The van der Waals surface area contributed by atoms with Crippen molar-refractivity contribution in [1.82, 2.24) is 0 Å². The summed E-state index contributed by atoms with van der Waals surface area (Å²) < 4.78 is 10.4. The molecule has 0 radical (unpaired) electrons. The molecular weight excluding hydrogens is 378 g/mol. The van der Waals surface area contributed by atoms with E-state index in [0.717, 1.165) is 11.4 Å². The molecule has 1 aliphatic heterocycles. The predicted octanol–water partition coefficient (Wildman–Crippen LogP) is 3.17. The summed E-state index contributed by atoms with van der Waals surface area (Å²) in [5.74, 6) is 0.692. The molecule has 3 rings (SSSR count). The number of para-hydroxylation sites is 2. The molecule has 0 aliphatic carbocycles. The largest absolute Gasteiger partial charge is 0.497 e. The standard InChI is InChI=1S/C20H21N3O4S/c1-21-20(22-13-8-10-14(26-2)11-9-13)28-17-12-18(24)23(19(17)25)15-6-4-5-7-16(15)27-3/h4-11,17H,12H2,1-3H3,(H,21,22). The molecule has 8 heteroatoms. The summed E-state index contributed by atoms with van der Waals surface area (Å²) in [6.45, 7) is 0. The van der Waals surface area contributed by atoms with Gasteiger partial charge in [-0.2, -0.15) is 0 Å². The average Bonchev–Trinajstić information content (AvgIpc) is 3.00. The van der Waals surface area contributed by atoms with Crippen molar-refractivity contribution in [3.05, 3.63) is 48.5 Å². The minimum atomic E-state index is -0.554. The zero-order valence-electron chi connectivity index (χ0n) is 15.8. The summed E-state index contributed by atoms with van der Waals surface area (Å²) in [6, 6.07) is 14.3. The Kier molecular flexibility index (Phi) is 6.20. The Balaban J connectivity index is 1.73. The fourth-order valence-electron chi connectivity index (χ4n) is 2.83. The molecule has 1 heterocycles. The maximum atomic E-state index is 12.9. The first-order valence-corrected chi connectivity index (χ1v) is 9.49. The minimum absolute atomic E-state index is 0.102. The lowest BCUT2D eigenvalue weighted by Crippen LogP contribution is -2.32. The van der Waals surface area contributed by atoms with Gasteiger partial charge in [-0.05, 0) is 36.4 Å². The van der Waals surface area contributed by atoms with Crippen molar-refractivity contribution in [2.24, 2.45) is 4.99 Å². The SMILES string of the molecule is CN=C(Nc1ccc(OC)cc1)SC1CC(=O)N(c2ccccc2OC)C1=O. The zero-order chi connectivity index (χ0) is 20.1. The molecule has 28 heavy (non-hydrogen) atoms. The number of thioether (sulfide) groups is 1. The number of amides is 2. The summed E-state index contributed by atoms with van der Waals surface area (Å²) in [5.41, 5.74) is 1.27. The molecular formula is C20H21N3O4S. The van der Waals surface area contributed by atoms with E-state index in [1.54, 1.807) is 38.4 Å². The quantitative estimate of drug-likeness (QED) is 0.473. The third-order valence-corrected chi connectivity index (χ3v) is 5.39. The summed E-state index contributed by atoms with van der Waals surface area (Å²) in [4.78, 5) is 30.8. The van der Waals surface area contributed by atoms with E-state index in [-0.39, 0.29) is 18.2 Å². The van der Waals surface area contributed by atoms with E-state index < -0.39 is 5.25 Å². The van der Waals surface area contributed by atoms with E-state index in [4.69, 9.17) is 9.47 Å². The third-order valence-electron chi connectivity index (χ3n) is 4.23. The number of nitrogens with zero attached hydrogens (tertiary/aromatic N) is 2. The minimum Gasteiger partial charge on any atom is -0.497 e. The first-order valence-electron chi connectivity index (χ1n) is 8.61. The number of anilines is 2. The van der Waals surface area contributed by atoms with Gasteiger partial charge in [0.05, 0.1) is 19.9 Å². The predicted molar refractivity (Wildman–Crippen MR) is 111 cm³/mol. The van der Waals surface area contributed by atoms with Crippen LogP contribution in [0.15, 0.2) is 53.5 Å². The molecule has 1 saturated heterocycles. The van der Waals surface area contributed by atoms with Crippen LogP contribution in [0.2, 0.25) is 0 Å². The van der Waals surface area contributed by atoms with Crippen LogP contribution in [-0.2, 0) is 9.59 Å². The lowest BCUT2D eigenvalue weighted by atomic mass is 10.2. The molecule has 2 amide bonds.